The van der Waals surface area contributed by atoms with E-state index >= 15 is 0 Å². The molecule has 0 aliphatic rings. The lowest BCUT2D eigenvalue weighted by molar-refractivity contribution is 0.268. The minimum absolute atomic E-state index is 0.268. The molecule has 0 saturated carbocycles. The molecule has 1 N–H and O–H groups in total. The van der Waals surface area contributed by atoms with Gasteiger partial charge in [0.15, 0.2) is 5.82 Å². The van der Waals surface area contributed by atoms with Gasteiger partial charge < -0.3 is 9.15 Å². The quantitative estimate of drug-likeness (QED) is 0.315. The number of nitrogens with zero attached hydrogens (tertiary/aromatic N) is 3. The van der Waals surface area contributed by atoms with Crippen molar-refractivity contribution in [2.24, 2.45) is 5.10 Å². The molecule has 1 aromatic carbocycles. The van der Waals surface area contributed by atoms with Gasteiger partial charge in [0.05, 0.1) is 16.1 Å². The molecule has 0 bridgehead atoms. The van der Waals surface area contributed by atoms with Gasteiger partial charge in [0, 0.05) is 0 Å². The van der Waals surface area contributed by atoms with Crippen molar-refractivity contribution in [1.29, 1.82) is 0 Å². The van der Waals surface area contributed by atoms with Crippen LogP contribution in [0.3, 0.4) is 0 Å². The fraction of sp³-hybridized carbons (Fsp3) is 0.105. The number of hydrogen-bond donors (Lipinski definition) is 1. The number of ether oxygens (including phenoxy) is 1. The molecule has 9 heteroatoms. The van der Waals surface area contributed by atoms with E-state index in [4.69, 9.17) is 33.0 Å². The largest absolute Gasteiger partial charge is 0.484 e. The zero-order valence-corrected chi connectivity index (χ0v) is 17.1. The normalized spacial score (nSPS) is 11.4. The molecule has 3 aromatic heterocycles. The van der Waals surface area contributed by atoms with Crippen molar-refractivity contribution in [1.82, 2.24) is 14.9 Å². The number of para-hydroxylation sites is 1. The lowest BCUT2D eigenvalue weighted by atomic mass is 10.2. The number of aromatic nitrogens is 3. The molecule has 0 amide bonds. The molecule has 0 atom stereocenters. The summed E-state index contributed by atoms with van der Waals surface area (Å²) in [6.45, 7) is 2.21. The minimum atomic E-state index is 0.268. The van der Waals surface area contributed by atoms with Crippen LogP contribution in [0, 0.1) is 11.7 Å². The molecule has 0 radical (unpaired) electrons. The van der Waals surface area contributed by atoms with E-state index in [-0.39, 0.29) is 6.61 Å². The number of thiophene rings is 1. The number of furan rings is 1. The Balaban J connectivity index is 1.49. The molecule has 28 heavy (non-hydrogen) atoms. The fourth-order valence-electron chi connectivity index (χ4n) is 2.56. The summed E-state index contributed by atoms with van der Waals surface area (Å²) < 4.78 is 13.5. The highest BCUT2D eigenvalue weighted by Crippen LogP contribution is 2.28. The summed E-state index contributed by atoms with van der Waals surface area (Å²) in [5.74, 6) is 2.55. The van der Waals surface area contributed by atoms with Gasteiger partial charge in [-0.1, -0.05) is 29.8 Å². The first-order valence-electron chi connectivity index (χ1n) is 8.34. The van der Waals surface area contributed by atoms with Crippen LogP contribution in [0.2, 0.25) is 5.02 Å². The van der Waals surface area contributed by atoms with Crippen molar-refractivity contribution in [2.75, 3.05) is 0 Å². The number of aromatic amines is 1. The van der Waals surface area contributed by atoms with E-state index in [1.807, 2.05) is 48.7 Å². The molecule has 6 nitrogen and oxygen atoms in total. The Hall–Kier alpha value is -2.68. The molecular weight excluding hydrogens is 416 g/mol. The van der Waals surface area contributed by atoms with Crippen LogP contribution in [0.4, 0.5) is 0 Å². The summed E-state index contributed by atoms with van der Waals surface area (Å²) in [6.07, 6.45) is 1.59. The fourth-order valence-corrected chi connectivity index (χ4v) is 3.72. The molecule has 4 rings (SSSR count). The summed E-state index contributed by atoms with van der Waals surface area (Å²) in [5.41, 5.74) is 0.969. The molecule has 0 fully saturated rings. The first-order chi connectivity index (χ1) is 13.6. The Morgan fingerprint density at radius 2 is 2.21 bits per heavy atom. The molecule has 0 aliphatic heterocycles. The molecule has 0 unspecified atom stereocenters. The lowest BCUT2D eigenvalue weighted by Crippen LogP contribution is -1.96. The van der Waals surface area contributed by atoms with Gasteiger partial charge in [0.1, 0.15) is 23.9 Å². The van der Waals surface area contributed by atoms with Gasteiger partial charge in [-0.3, -0.25) is 0 Å². The van der Waals surface area contributed by atoms with Gasteiger partial charge in [0.2, 0.25) is 4.77 Å². The average molecular weight is 431 g/mol. The number of benzene rings is 1. The predicted octanol–water partition coefficient (Wildman–Crippen LogP) is 5.69. The van der Waals surface area contributed by atoms with Crippen molar-refractivity contribution in [3.05, 3.63) is 74.7 Å². The predicted molar refractivity (Wildman–Crippen MR) is 113 cm³/mol. The summed E-state index contributed by atoms with van der Waals surface area (Å²) in [5, 5.41) is 13.9. The summed E-state index contributed by atoms with van der Waals surface area (Å²) >= 11 is 13.0. The number of H-pyrrole nitrogens is 1. The SMILES string of the molecule is Cc1cccc(Cl)c1OCc1ccc(/C=N\n2c(-c3cccs3)n[nH]c2=S)o1. The molecule has 3 heterocycles. The van der Waals surface area contributed by atoms with E-state index in [0.29, 0.717) is 32.9 Å². The van der Waals surface area contributed by atoms with E-state index < -0.39 is 0 Å². The van der Waals surface area contributed by atoms with Crippen molar-refractivity contribution in [3.8, 4) is 16.5 Å². The number of halogens is 1. The summed E-state index contributed by atoms with van der Waals surface area (Å²) in [4.78, 5) is 0.966. The average Bonchev–Trinajstić information content (AvgIpc) is 3.41. The maximum absolute atomic E-state index is 6.18. The Bertz CT molecular complexity index is 1150. The van der Waals surface area contributed by atoms with Crippen LogP contribution < -0.4 is 4.74 Å². The van der Waals surface area contributed by atoms with Crippen LogP contribution in [0.15, 0.2) is 57.4 Å². The number of aryl methyl sites for hydroxylation is 1. The van der Waals surface area contributed by atoms with E-state index in [2.05, 4.69) is 15.3 Å². The van der Waals surface area contributed by atoms with E-state index in [9.17, 15) is 0 Å². The Labute approximate surface area is 175 Å². The second-order valence-electron chi connectivity index (χ2n) is 5.86. The van der Waals surface area contributed by atoms with E-state index in [1.165, 1.54) is 0 Å². The van der Waals surface area contributed by atoms with Crippen LogP contribution >= 0.6 is 35.2 Å². The molecule has 4 aromatic rings. The summed E-state index contributed by atoms with van der Waals surface area (Å²) in [6, 6.07) is 13.2. The Morgan fingerprint density at radius 3 is 3.00 bits per heavy atom. The lowest BCUT2D eigenvalue weighted by Gasteiger charge is -2.09. The Morgan fingerprint density at radius 1 is 1.32 bits per heavy atom. The van der Waals surface area contributed by atoms with E-state index in [0.717, 1.165) is 10.4 Å². The number of rotatable bonds is 6. The summed E-state index contributed by atoms with van der Waals surface area (Å²) in [7, 11) is 0. The maximum Gasteiger partial charge on any atom is 0.216 e. The highest BCUT2D eigenvalue weighted by atomic mass is 35.5. The monoisotopic (exact) mass is 430 g/mol. The molecule has 0 spiro atoms. The number of nitrogens with one attached hydrogen (secondary N) is 1. The van der Waals surface area contributed by atoms with Crippen LogP contribution in [0.1, 0.15) is 17.1 Å². The second-order valence-corrected chi connectivity index (χ2v) is 7.61. The highest BCUT2D eigenvalue weighted by Gasteiger charge is 2.10. The van der Waals surface area contributed by atoms with Crippen molar-refractivity contribution in [3.63, 3.8) is 0 Å². The molecule has 0 aliphatic carbocycles. The third kappa shape index (κ3) is 3.94. The first-order valence-corrected chi connectivity index (χ1v) is 10.0. The van der Waals surface area contributed by atoms with Crippen molar-refractivity contribution >= 4 is 41.4 Å². The third-order valence-corrected chi connectivity index (χ3v) is 5.33. The van der Waals surface area contributed by atoms with Crippen LogP contribution in [0.25, 0.3) is 10.7 Å². The van der Waals surface area contributed by atoms with Gasteiger partial charge in [-0.15, -0.1) is 11.3 Å². The van der Waals surface area contributed by atoms with Crippen LogP contribution in [0.5, 0.6) is 5.75 Å². The molecular formula is C19H15ClN4O2S2. The van der Waals surface area contributed by atoms with Gasteiger partial charge in [-0.05, 0) is 54.4 Å². The second kappa shape index (κ2) is 8.14. The highest BCUT2D eigenvalue weighted by molar-refractivity contribution is 7.71. The van der Waals surface area contributed by atoms with Gasteiger partial charge in [-0.2, -0.15) is 14.9 Å². The van der Waals surface area contributed by atoms with Gasteiger partial charge in [0.25, 0.3) is 0 Å². The molecule has 0 saturated heterocycles. The molecule has 142 valence electrons. The standard InChI is InChI=1S/C19H15ClN4O2S2/c1-12-4-2-5-15(20)17(12)25-11-14-8-7-13(26-14)10-21-24-18(22-23-19(24)27)16-6-3-9-28-16/h2-10H,11H2,1H3,(H,23,27)/b21-10-. The van der Waals surface area contributed by atoms with Crippen molar-refractivity contribution in [2.45, 2.75) is 13.5 Å². The van der Waals surface area contributed by atoms with Crippen LogP contribution in [-0.2, 0) is 6.61 Å². The van der Waals surface area contributed by atoms with Gasteiger partial charge in [-0.25, -0.2) is 5.10 Å². The topological polar surface area (TPSA) is 68.3 Å². The minimum Gasteiger partial charge on any atom is -0.484 e. The van der Waals surface area contributed by atoms with Gasteiger partial charge >= 0.3 is 0 Å². The Kier molecular flexibility index (Phi) is 5.43. The maximum atomic E-state index is 6.18. The third-order valence-electron chi connectivity index (χ3n) is 3.90. The zero-order chi connectivity index (χ0) is 19.5. The zero-order valence-electron chi connectivity index (χ0n) is 14.8. The number of hydrogen-bond acceptors (Lipinski definition) is 6. The van der Waals surface area contributed by atoms with Crippen LogP contribution in [-0.4, -0.2) is 21.1 Å². The first kappa shape index (κ1) is 18.7. The van der Waals surface area contributed by atoms with Crippen molar-refractivity contribution < 1.29 is 9.15 Å². The smallest absolute Gasteiger partial charge is 0.216 e. The van der Waals surface area contributed by atoms with E-state index in [1.54, 1.807) is 28.3 Å².